The van der Waals surface area contributed by atoms with Crippen molar-refractivity contribution in [1.29, 1.82) is 0 Å². The number of benzene rings is 2. The Morgan fingerprint density at radius 1 is 0.719 bits per heavy atom. The zero-order valence-electron chi connectivity index (χ0n) is 16.4. The van der Waals surface area contributed by atoms with Crippen LogP contribution in [-0.4, -0.2) is 32.9 Å². The predicted molar refractivity (Wildman–Crippen MR) is 124 cm³/mol. The third-order valence-corrected chi connectivity index (χ3v) is 6.76. The van der Waals surface area contributed by atoms with E-state index in [2.05, 4.69) is 0 Å². The predicted octanol–water partition coefficient (Wildman–Crippen LogP) is 6.74. The number of carbonyl (C=O) groups excluding carboxylic acids is 2. The van der Waals surface area contributed by atoms with E-state index in [4.69, 9.17) is 63.1 Å². The smallest absolute Gasteiger partial charge is 0.303 e. The van der Waals surface area contributed by atoms with E-state index in [-0.39, 0.29) is 68.2 Å². The van der Waals surface area contributed by atoms with Crippen molar-refractivity contribution in [3.8, 4) is 11.5 Å². The summed E-state index contributed by atoms with van der Waals surface area (Å²) in [7, 11) is 0. The van der Waals surface area contributed by atoms with Gasteiger partial charge in [-0.15, -0.1) is 0 Å². The molecule has 0 heterocycles. The molecule has 0 unspecified atom stereocenters. The van der Waals surface area contributed by atoms with Gasteiger partial charge >= 0.3 is 5.97 Å². The van der Waals surface area contributed by atoms with E-state index in [0.717, 1.165) is 0 Å². The summed E-state index contributed by atoms with van der Waals surface area (Å²) in [6, 6.07) is 2.49. The van der Waals surface area contributed by atoms with E-state index in [9.17, 15) is 24.6 Å². The number of aromatic hydroxyl groups is 2. The molecule has 172 valence electrons. The standard InChI is InChI=1S/C21H17Cl5O6/c22-13-8-11(15(23)17(25)16(13)24)20(31)12-7-9(19(30)18(26)21(12)32)3-1-2-4-10(27)5-6-14(28)29/h7-8,30,32H,1-6H2,(H,28,29). The molecule has 6 nitrogen and oxygen atoms in total. The van der Waals surface area contributed by atoms with Crippen LogP contribution >= 0.6 is 58.0 Å². The van der Waals surface area contributed by atoms with Crippen LogP contribution in [0.15, 0.2) is 12.1 Å². The number of phenols is 2. The molecule has 0 fully saturated rings. The van der Waals surface area contributed by atoms with Gasteiger partial charge < -0.3 is 15.3 Å². The van der Waals surface area contributed by atoms with Crippen LogP contribution in [0, 0.1) is 0 Å². The molecule has 0 radical (unpaired) electrons. The Bertz CT molecular complexity index is 1080. The summed E-state index contributed by atoms with van der Waals surface area (Å²) in [5.41, 5.74) is -0.0637. The summed E-state index contributed by atoms with van der Waals surface area (Å²) in [5, 5.41) is 28.5. The van der Waals surface area contributed by atoms with Crippen LogP contribution < -0.4 is 0 Å². The number of rotatable bonds is 10. The van der Waals surface area contributed by atoms with Gasteiger partial charge in [0.25, 0.3) is 0 Å². The number of aryl methyl sites for hydroxylation is 1. The van der Waals surface area contributed by atoms with Crippen LogP contribution in [0.2, 0.25) is 25.1 Å². The van der Waals surface area contributed by atoms with Gasteiger partial charge in [-0.1, -0.05) is 58.0 Å². The molecule has 0 amide bonds. The van der Waals surface area contributed by atoms with Gasteiger partial charge in [0.05, 0.1) is 32.1 Å². The summed E-state index contributed by atoms with van der Waals surface area (Å²) < 4.78 is 0. The highest BCUT2D eigenvalue weighted by Crippen LogP contribution is 2.43. The number of carboxylic acid groups (broad SMARTS) is 1. The first kappa shape index (κ1) is 26.6. The second-order valence-corrected chi connectivity index (χ2v) is 8.83. The summed E-state index contributed by atoms with van der Waals surface area (Å²) in [6.45, 7) is 0. The van der Waals surface area contributed by atoms with Gasteiger partial charge in [0.1, 0.15) is 22.3 Å². The average molecular weight is 543 g/mol. The van der Waals surface area contributed by atoms with Crippen molar-refractivity contribution in [2.75, 3.05) is 0 Å². The van der Waals surface area contributed by atoms with E-state index in [1.165, 1.54) is 12.1 Å². The lowest BCUT2D eigenvalue weighted by atomic mass is 9.96. The average Bonchev–Trinajstić information content (AvgIpc) is 2.75. The number of halogens is 5. The lowest BCUT2D eigenvalue weighted by molar-refractivity contribution is -0.138. The normalized spacial score (nSPS) is 10.9. The lowest BCUT2D eigenvalue weighted by Gasteiger charge is -2.14. The first-order valence-electron chi connectivity index (χ1n) is 9.30. The van der Waals surface area contributed by atoms with Crippen LogP contribution in [0.1, 0.15) is 53.6 Å². The minimum Gasteiger partial charge on any atom is -0.506 e. The minimum absolute atomic E-state index is 0.0124. The van der Waals surface area contributed by atoms with Gasteiger partial charge in [-0.3, -0.25) is 14.4 Å². The van der Waals surface area contributed by atoms with Gasteiger partial charge in [-0.25, -0.2) is 0 Å². The zero-order valence-corrected chi connectivity index (χ0v) is 20.1. The quantitative estimate of drug-likeness (QED) is 0.133. The Balaban J connectivity index is 2.23. The molecule has 0 spiro atoms. The van der Waals surface area contributed by atoms with Crippen LogP contribution in [0.3, 0.4) is 0 Å². The number of hydrogen-bond acceptors (Lipinski definition) is 5. The molecule has 0 aromatic heterocycles. The number of carbonyl (C=O) groups is 3. The lowest BCUT2D eigenvalue weighted by Crippen LogP contribution is -2.06. The number of hydrogen-bond donors (Lipinski definition) is 3. The van der Waals surface area contributed by atoms with E-state index in [1.54, 1.807) is 0 Å². The van der Waals surface area contributed by atoms with Crippen molar-refractivity contribution in [2.24, 2.45) is 0 Å². The molecule has 11 heteroatoms. The number of unbranched alkanes of at least 4 members (excludes halogenated alkanes) is 1. The van der Waals surface area contributed by atoms with Crippen LogP contribution in [0.5, 0.6) is 11.5 Å². The topological polar surface area (TPSA) is 112 Å². The number of Topliss-reactive ketones (excluding diaryl/α,β-unsaturated/α-hetero) is 1. The SMILES string of the molecule is O=C(O)CCC(=O)CCCCc1cc(C(=O)c2cc(Cl)c(Cl)c(Cl)c2Cl)c(O)c(Cl)c1O. The van der Waals surface area contributed by atoms with Gasteiger partial charge in [0.2, 0.25) is 0 Å². The fourth-order valence-corrected chi connectivity index (χ4v) is 4.05. The van der Waals surface area contributed by atoms with Crippen molar-refractivity contribution in [1.82, 2.24) is 0 Å². The molecular weight excluding hydrogens is 525 g/mol. The molecule has 0 saturated carbocycles. The maximum Gasteiger partial charge on any atom is 0.303 e. The Labute approximate surface area is 208 Å². The Hall–Kier alpha value is -1.70. The van der Waals surface area contributed by atoms with Crippen molar-refractivity contribution < 1.29 is 29.7 Å². The fourth-order valence-electron chi connectivity index (χ4n) is 2.94. The highest BCUT2D eigenvalue weighted by atomic mass is 35.5. The summed E-state index contributed by atoms with van der Waals surface area (Å²) in [4.78, 5) is 35.2. The monoisotopic (exact) mass is 540 g/mol. The Morgan fingerprint density at radius 3 is 2.00 bits per heavy atom. The molecule has 0 aliphatic heterocycles. The van der Waals surface area contributed by atoms with Crippen molar-refractivity contribution in [3.05, 3.63) is 53.9 Å². The first-order chi connectivity index (χ1) is 15.0. The van der Waals surface area contributed by atoms with Crippen LogP contribution in [-0.2, 0) is 16.0 Å². The molecular formula is C21H17Cl5O6. The molecule has 2 rings (SSSR count). The van der Waals surface area contributed by atoms with Crippen molar-refractivity contribution in [3.63, 3.8) is 0 Å². The maximum atomic E-state index is 13.0. The van der Waals surface area contributed by atoms with E-state index in [0.29, 0.717) is 12.8 Å². The fraction of sp³-hybridized carbons (Fsp3) is 0.286. The van der Waals surface area contributed by atoms with Crippen LogP contribution in [0.25, 0.3) is 0 Å². The molecule has 0 aliphatic rings. The van der Waals surface area contributed by atoms with Crippen LogP contribution in [0.4, 0.5) is 0 Å². The Kier molecular flexibility index (Phi) is 9.49. The first-order valence-corrected chi connectivity index (χ1v) is 11.2. The van der Waals surface area contributed by atoms with Gasteiger partial charge in [-0.2, -0.15) is 0 Å². The summed E-state index contributed by atoms with van der Waals surface area (Å²) in [5.74, 6) is -2.99. The molecule has 0 saturated heterocycles. The number of phenolic OH excluding ortho intramolecular Hbond substituents is 2. The third-order valence-electron chi connectivity index (χ3n) is 4.65. The van der Waals surface area contributed by atoms with Crippen molar-refractivity contribution in [2.45, 2.75) is 38.5 Å². The molecule has 2 aromatic carbocycles. The summed E-state index contributed by atoms with van der Waals surface area (Å²) in [6.07, 6.45) is 1.04. The van der Waals surface area contributed by atoms with E-state index in [1.807, 2.05) is 0 Å². The van der Waals surface area contributed by atoms with Gasteiger partial charge in [0, 0.05) is 18.4 Å². The van der Waals surface area contributed by atoms with E-state index >= 15 is 0 Å². The molecule has 0 atom stereocenters. The highest BCUT2D eigenvalue weighted by Gasteiger charge is 2.25. The zero-order chi connectivity index (χ0) is 24.2. The molecule has 3 N–H and O–H groups in total. The molecule has 32 heavy (non-hydrogen) atoms. The number of carboxylic acids is 1. The second kappa shape index (κ2) is 11.4. The summed E-state index contributed by atoms with van der Waals surface area (Å²) >= 11 is 30.1. The maximum absolute atomic E-state index is 13.0. The third kappa shape index (κ3) is 6.21. The molecule has 0 aliphatic carbocycles. The largest absolute Gasteiger partial charge is 0.506 e. The number of aliphatic carboxylic acids is 1. The second-order valence-electron chi connectivity index (χ2n) is 6.91. The molecule has 2 aromatic rings. The minimum atomic E-state index is -1.04. The Morgan fingerprint density at radius 2 is 1.38 bits per heavy atom. The van der Waals surface area contributed by atoms with Crippen molar-refractivity contribution >= 4 is 75.5 Å². The molecule has 0 bridgehead atoms. The number of ketones is 2. The van der Waals surface area contributed by atoms with E-state index < -0.39 is 28.3 Å². The highest BCUT2D eigenvalue weighted by molar-refractivity contribution is 6.53. The van der Waals surface area contributed by atoms with Gasteiger partial charge in [0.15, 0.2) is 5.78 Å². The van der Waals surface area contributed by atoms with Gasteiger partial charge in [-0.05, 0) is 37.0 Å².